The minimum absolute atomic E-state index is 0.00264. The lowest BCUT2D eigenvalue weighted by Gasteiger charge is -2.31. The Morgan fingerprint density at radius 3 is 2.71 bits per heavy atom. The van der Waals surface area contributed by atoms with Gasteiger partial charge in [0.25, 0.3) is 5.91 Å². The third-order valence-corrected chi connectivity index (χ3v) is 8.12. The fourth-order valence-corrected chi connectivity index (χ4v) is 6.56. The van der Waals surface area contributed by atoms with Gasteiger partial charge in [-0.1, -0.05) is 26.0 Å². The molecule has 10 heteroatoms. The second-order valence-electron chi connectivity index (χ2n) is 7.96. The molecular formula is C21H34N2O6S2. The Hall–Kier alpha value is -1.33. The van der Waals surface area contributed by atoms with E-state index in [1.54, 1.807) is 35.4 Å². The molecule has 176 valence electrons. The average molecular weight is 475 g/mol. The van der Waals surface area contributed by atoms with Gasteiger partial charge in [0.1, 0.15) is 16.7 Å². The summed E-state index contributed by atoms with van der Waals surface area (Å²) in [6.45, 7) is 4.68. The highest BCUT2D eigenvalue weighted by Crippen LogP contribution is 2.29. The number of sulfonamides is 1. The topological polar surface area (TPSA) is 105 Å². The maximum atomic E-state index is 13.5. The number of nitrogens with zero attached hydrogens (tertiary/aromatic N) is 1. The first-order valence-electron chi connectivity index (χ1n) is 10.6. The predicted octanol–water partition coefficient (Wildman–Crippen LogP) is 2.91. The number of rotatable bonds is 12. The molecule has 0 bridgehead atoms. The van der Waals surface area contributed by atoms with Crippen LogP contribution in [0.5, 0.6) is 5.75 Å². The van der Waals surface area contributed by atoms with Crippen LogP contribution in [0.3, 0.4) is 0 Å². The largest absolute Gasteiger partial charge is 0.495 e. The normalized spacial score (nSPS) is 18.2. The van der Waals surface area contributed by atoms with Crippen LogP contribution >= 0.6 is 11.8 Å². The van der Waals surface area contributed by atoms with Crippen LogP contribution < -0.4 is 10.2 Å². The average Bonchev–Trinajstić information content (AvgIpc) is 2.77. The fraction of sp³-hybridized carbons (Fsp3) is 0.667. The van der Waals surface area contributed by atoms with E-state index in [2.05, 4.69) is 0 Å². The van der Waals surface area contributed by atoms with E-state index >= 15 is 0 Å². The number of hydroxylamine groups is 1. The number of amides is 1. The first kappa shape index (κ1) is 25.9. The van der Waals surface area contributed by atoms with Gasteiger partial charge in [-0.2, -0.15) is 16.1 Å². The van der Waals surface area contributed by atoms with Gasteiger partial charge in [0, 0.05) is 18.9 Å². The molecule has 8 nitrogen and oxygen atoms in total. The van der Waals surface area contributed by atoms with E-state index in [1.807, 2.05) is 13.8 Å². The van der Waals surface area contributed by atoms with Gasteiger partial charge >= 0.3 is 0 Å². The van der Waals surface area contributed by atoms with Crippen LogP contribution in [-0.2, 0) is 19.6 Å². The molecule has 1 aliphatic heterocycles. The van der Waals surface area contributed by atoms with E-state index in [1.165, 1.54) is 17.5 Å². The molecule has 1 aromatic rings. The van der Waals surface area contributed by atoms with Crippen molar-refractivity contribution in [3.63, 3.8) is 0 Å². The number of ether oxygens (including phenoxy) is 2. The monoisotopic (exact) mass is 474 g/mol. The van der Waals surface area contributed by atoms with Crippen molar-refractivity contribution in [3.05, 3.63) is 24.3 Å². The Morgan fingerprint density at radius 2 is 2.10 bits per heavy atom. The highest BCUT2D eigenvalue weighted by Gasteiger charge is 2.37. The van der Waals surface area contributed by atoms with Crippen molar-refractivity contribution in [1.29, 1.82) is 0 Å². The summed E-state index contributed by atoms with van der Waals surface area (Å²) in [5.41, 5.74) is 1.65. The van der Waals surface area contributed by atoms with Crippen LogP contribution in [0.15, 0.2) is 29.2 Å². The van der Waals surface area contributed by atoms with Gasteiger partial charge in [-0.3, -0.25) is 10.0 Å². The summed E-state index contributed by atoms with van der Waals surface area (Å²) in [6.07, 6.45) is 3.73. The summed E-state index contributed by atoms with van der Waals surface area (Å²) >= 11 is 1.63. The molecule has 1 aliphatic rings. The standard InChI is InChI=1S/C21H34N2O6S2/c1-16(2)14-23(31(26,27)20-10-5-4-9-19(20)28-3)18(21(24)22-25)11-13-30-15-17-8-6-7-12-29-17/h4-5,9-10,16-18,25H,6-8,11-15H2,1-3H3,(H,22,24). The molecule has 2 rings (SSSR count). The molecule has 2 atom stereocenters. The quantitative estimate of drug-likeness (QED) is 0.273. The zero-order valence-corrected chi connectivity index (χ0v) is 20.1. The Labute approximate surface area is 189 Å². The van der Waals surface area contributed by atoms with Crippen molar-refractivity contribution in [2.75, 3.05) is 31.8 Å². The minimum atomic E-state index is -4.05. The van der Waals surface area contributed by atoms with Crippen molar-refractivity contribution in [2.45, 2.75) is 56.6 Å². The fourth-order valence-electron chi connectivity index (χ4n) is 3.54. The van der Waals surface area contributed by atoms with Crippen molar-refractivity contribution in [2.24, 2.45) is 5.92 Å². The van der Waals surface area contributed by atoms with E-state index in [-0.39, 0.29) is 35.6 Å². The maximum absolute atomic E-state index is 13.5. The number of carbonyl (C=O) groups is 1. The van der Waals surface area contributed by atoms with Crippen LogP contribution in [0.4, 0.5) is 0 Å². The van der Waals surface area contributed by atoms with Crippen LogP contribution in [-0.4, -0.2) is 67.8 Å². The van der Waals surface area contributed by atoms with Gasteiger partial charge in [0.05, 0.1) is 13.2 Å². The molecule has 1 saturated heterocycles. The number of hydrogen-bond donors (Lipinski definition) is 2. The van der Waals surface area contributed by atoms with Gasteiger partial charge in [-0.15, -0.1) is 0 Å². The van der Waals surface area contributed by atoms with Crippen LogP contribution in [0.2, 0.25) is 0 Å². The lowest BCUT2D eigenvalue weighted by molar-refractivity contribution is -0.133. The first-order valence-corrected chi connectivity index (χ1v) is 13.2. The summed E-state index contributed by atoms with van der Waals surface area (Å²) in [4.78, 5) is 12.5. The van der Waals surface area contributed by atoms with Crippen LogP contribution in [0, 0.1) is 5.92 Å². The molecule has 2 N–H and O–H groups in total. The van der Waals surface area contributed by atoms with Gasteiger partial charge in [0.15, 0.2) is 0 Å². The van der Waals surface area contributed by atoms with E-state index in [0.29, 0.717) is 5.75 Å². The van der Waals surface area contributed by atoms with Gasteiger partial charge in [0.2, 0.25) is 10.0 Å². The summed E-state index contributed by atoms with van der Waals surface area (Å²) in [5, 5.41) is 9.31. The van der Waals surface area contributed by atoms with E-state index in [0.717, 1.165) is 31.6 Å². The van der Waals surface area contributed by atoms with Gasteiger partial charge in [-0.05, 0) is 49.5 Å². The third-order valence-electron chi connectivity index (χ3n) is 5.07. The Kier molecular flexibility index (Phi) is 10.6. The number of thioether (sulfide) groups is 1. The Balaban J connectivity index is 2.21. The van der Waals surface area contributed by atoms with Gasteiger partial charge in [-0.25, -0.2) is 13.9 Å². The van der Waals surface area contributed by atoms with Crippen molar-refractivity contribution in [3.8, 4) is 5.75 Å². The second-order valence-corrected chi connectivity index (χ2v) is 11.0. The highest BCUT2D eigenvalue weighted by molar-refractivity contribution is 7.99. The molecule has 0 aromatic heterocycles. The predicted molar refractivity (Wildman–Crippen MR) is 121 cm³/mol. The number of nitrogens with one attached hydrogen (secondary N) is 1. The van der Waals surface area contributed by atoms with Crippen molar-refractivity contribution in [1.82, 2.24) is 9.79 Å². The van der Waals surface area contributed by atoms with E-state index in [9.17, 15) is 18.4 Å². The molecule has 0 aliphatic carbocycles. The molecule has 0 radical (unpaired) electrons. The van der Waals surface area contributed by atoms with Crippen LogP contribution in [0.1, 0.15) is 39.5 Å². The Morgan fingerprint density at radius 1 is 1.35 bits per heavy atom. The summed E-state index contributed by atoms with van der Waals surface area (Å²) in [7, 11) is -2.64. The lowest BCUT2D eigenvalue weighted by atomic mass is 10.1. The minimum Gasteiger partial charge on any atom is -0.495 e. The van der Waals surface area contributed by atoms with Crippen molar-refractivity contribution < 1.29 is 27.9 Å². The molecule has 0 spiro atoms. The molecule has 1 fully saturated rings. The molecular weight excluding hydrogens is 440 g/mol. The lowest BCUT2D eigenvalue weighted by Crippen LogP contribution is -2.50. The second kappa shape index (κ2) is 12.6. The van der Waals surface area contributed by atoms with E-state index in [4.69, 9.17) is 9.47 Å². The highest BCUT2D eigenvalue weighted by atomic mass is 32.2. The SMILES string of the molecule is COc1ccccc1S(=O)(=O)N(CC(C)C)C(CCSCC1CCCCO1)C(=O)NO. The molecule has 1 aromatic carbocycles. The zero-order valence-electron chi connectivity index (χ0n) is 18.5. The van der Waals surface area contributed by atoms with Gasteiger partial charge < -0.3 is 9.47 Å². The van der Waals surface area contributed by atoms with E-state index < -0.39 is 22.0 Å². The maximum Gasteiger partial charge on any atom is 0.261 e. The number of benzene rings is 1. The summed E-state index contributed by atoms with van der Waals surface area (Å²) in [5.74, 6) is 0.809. The third kappa shape index (κ3) is 7.35. The number of hydrogen-bond acceptors (Lipinski definition) is 7. The number of carbonyl (C=O) groups excluding carboxylic acids is 1. The molecule has 31 heavy (non-hydrogen) atoms. The first-order chi connectivity index (χ1) is 14.8. The van der Waals surface area contributed by atoms with Crippen LogP contribution in [0.25, 0.3) is 0 Å². The molecule has 1 heterocycles. The molecule has 1 amide bonds. The summed E-state index contributed by atoms with van der Waals surface area (Å²) in [6, 6.07) is 5.30. The van der Waals surface area contributed by atoms with Crippen molar-refractivity contribution >= 4 is 27.7 Å². The zero-order chi connectivity index (χ0) is 22.9. The molecule has 2 unspecified atom stereocenters. The summed E-state index contributed by atoms with van der Waals surface area (Å²) < 4.78 is 39.2. The smallest absolute Gasteiger partial charge is 0.261 e. The number of methoxy groups -OCH3 is 1. The molecule has 0 saturated carbocycles. The Bertz CT molecular complexity index is 797. The number of para-hydroxylation sites is 1.